The molecule has 0 unspecified atom stereocenters. The van der Waals surface area contributed by atoms with Crippen molar-refractivity contribution >= 4 is 11.6 Å². The lowest BCUT2D eigenvalue weighted by Crippen LogP contribution is -2.06. The number of nitrogens with zero attached hydrogens (tertiary/aromatic N) is 3. The van der Waals surface area contributed by atoms with Crippen LogP contribution >= 0.6 is 11.6 Å². The zero-order valence-corrected chi connectivity index (χ0v) is 12.2. The van der Waals surface area contributed by atoms with E-state index in [4.69, 9.17) is 16.3 Å². The van der Waals surface area contributed by atoms with Crippen LogP contribution in [0.2, 0.25) is 5.28 Å². The van der Waals surface area contributed by atoms with Crippen molar-refractivity contribution in [1.29, 1.82) is 0 Å². The van der Waals surface area contributed by atoms with Gasteiger partial charge in [0.2, 0.25) is 5.28 Å². The topological polar surface area (TPSA) is 39.9 Å². The molecule has 0 bridgehead atoms. The Balaban J connectivity index is 2.29. The Labute approximate surface area is 118 Å². The van der Waals surface area contributed by atoms with Crippen LogP contribution in [-0.4, -0.2) is 20.9 Å². The molecule has 0 saturated heterocycles. The normalized spacial score (nSPS) is 11.0. The van der Waals surface area contributed by atoms with E-state index in [1.54, 1.807) is 0 Å². The molecule has 0 spiro atoms. The van der Waals surface area contributed by atoms with Gasteiger partial charge in [0.05, 0.1) is 11.8 Å². The molecule has 1 aromatic carbocycles. The standard InChI is InChI=1S/C14H18ClN3O/c1-4-5-13-16-17-14(15)18(13)11-6-8-12(9-7-11)19-10(2)3/h6-10H,4-5H2,1-3H3. The molecule has 0 aliphatic carbocycles. The fourth-order valence-corrected chi connectivity index (χ4v) is 2.11. The molecule has 0 fully saturated rings. The monoisotopic (exact) mass is 279 g/mol. The fraction of sp³-hybridized carbons (Fsp3) is 0.429. The second-order valence-electron chi connectivity index (χ2n) is 4.63. The molecule has 0 N–H and O–H groups in total. The van der Waals surface area contributed by atoms with Crippen molar-refractivity contribution in [3.63, 3.8) is 0 Å². The summed E-state index contributed by atoms with van der Waals surface area (Å²) in [4.78, 5) is 0. The molecule has 5 heteroatoms. The van der Waals surface area contributed by atoms with Crippen molar-refractivity contribution in [2.45, 2.75) is 39.7 Å². The first kappa shape index (κ1) is 13.9. The fourth-order valence-electron chi connectivity index (χ4n) is 1.88. The largest absolute Gasteiger partial charge is 0.491 e. The van der Waals surface area contributed by atoms with Crippen molar-refractivity contribution < 1.29 is 4.74 Å². The molecule has 1 heterocycles. The second-order valence-corrected chi connectivity index (χ2v) is 4.97. The molecular weight excluding hydrogens is 262 g/mol. The lowest BCUT2D eigenvalue weighted by Gasteiger charge is -2.11. The van der Waals surface area contributed by atoms with E-state index in [0.717, 1.165) is 30.1 Å². The van der Waals surface area contributed by atoms with E-state index in [1.165, 1.54) is 0 Å². The van der Waals surface area contributed by atoms with Crippen molar-refractivity contribution in [3.8, 4) is 11.4 Å². The molecule has 0 aliphatic rings. The lowest BCUT2D eigenvalue weighted by molar-refractivity contribution is 0.242. The number of rotatable bonds is 5. The first-order chi connectivity index (χ1) is 9.11. The third-order valence-electron chi connectivity index (χ3n) is 2.63. The van der Waals surface area contributed by atoms with Crippen molar-refractivity contribution in [2.24, 2.45) is 0 Å². The van der Waals surface area contributed by atoms with E-state index in [1.807, 2.05) is 42.7 Å². The van der Waals surface area contributed by atoms with Gasteiger partial charge in [-0.2, -0.15) is 0 Å². The minimum atomic E-state index is 0.167. The molecule has 0 saturated carbocycles. The summed E-state index contributed by atoms with van der Waals surface area (Å²) in [6.07, 6.45) is 2.02. The van der Waals surface area contributed by atoms with Gasteiger partial charge < -0.3 is 4.74 Å². The van der Waals surface area contributed by atoms with E-state index >= 15 is 0 Å². The number of hydrogen-bond acceptors (Lipinski definition) is 3. The van der Waals surface area contributed by atoms with Crippen LogP contribution in [0.25, 0.3) is 5.69 Å². The third-order valence-corrected chi connectivity index (χ3v) is 2.88. The zero-order valence-electron chi connectivity index (χ0n) is 11.4. The van der Waals surface area contributed by atoms with Gasteiger partial charge in [0.1, 0.15) is 11.6 Å². The molecule has 102 valence electrons. The maximum absolute atomic E-state index is 6.10. The summed E-state index contributed by atoms with van der Waals surface area (Å²) < 4.78 is 7.49. The van der Waals surface area contributed by atoms with Gasteiger partial charge in [-0.15, -0.1) is 10.2 Å². The van der Waals surface area contributed by atoms with Crippen LogP contribution in [-0.2, 0) is 6.42 Å². The number of aromatic nitrogens is 3. The Bertz CT molecular complexity index is 534. The summed E-state index contributed by atoms with van der Waals surface area (Å²) in [5, 5.41) is 8.42. The minimum absolute atomic E-state index is 0.167. The predicted molar refractivity (Wildman–Crippen MR) is 76.1 cm³/mol. The minimum Gasteiger partial charge on any atom is -0.491 e. The summed E-state index contributed by atoms with van der Waals surface area (Å²) >= 11 is 6.10. The van der Waals surface area contributed by atoms with E-state index < -0.39 is 0 Å². The first-order valence-electron chi connectivity index (χ1n) is 6.48. The number of ether oxygens (including phenoxy) is 1. The predicted octanol–water partition coefficient (Wildman–Crippen LogP) is 3.66. The molecule has 19 heavy (non-hydrogen) atoms. The zero-order chi connectivity index (χ0) is 13.8. The molecule has 0 amide bonds. The molecule has 4 nitrogen and oxygen atoms in total. The average molecular weight is 280 g/mol. The van der Waals surface area contributed by atoms with E-state index in [2.05, 4.69) is 17.1 Å². The maximum Gasteiger partial charge on any atom is 0.229 e. The average Bonchev–Trinajstić information content (AvgIpc) is 2.72. The third kappa shape index (κ3) is 3.26. The molecule has 0 aliphatic heterocycles. The summed E-state index contributed by atoms with van der Waals surface area (Å²) in [6, 6.07) is 7.79. The SMILES string of the molecule is CCCc1nnc(Cl)n1-c1ccc(OC(C)C)cc1. The van der Waals surface area contributed by atoms with Crippen LogP contribution in [0.5, 0.6) is 5.75 Å². The van der Waals surface area contributed by atoms with Gasteiger partial charge in [0.15, 0.2) is 0 Å². The number of halogens is 1. The van der Waals surface area contributed by atoms with E-state index in [9.17, 15) is 0 Å². The van der Waals surface area contributed by atoms with Crippen LogP contribution in [0.1, 0.15) is 33.0 Å². The first-order valence-corrected chi connectivity index (χ1v) is 6.86. The van der Waals surface area contributed by atoms with Crippen LogP contribution < -0.4 is 4.74 Å². The number of hydrogen-bond donors (Lipinski definition) is 0. The summed E-state index contributed by atoms with van der Waals surface area (Å²) in [6.45, 7) is 6.11. The van der Waals surface area contributed by atoms with Crippen molar-refractivity contribution in [1.82, 2.24) is 14.8 Å². The Morgan fingerprint density at radius 3 is 2.47 bits per heavy atom. The van der Waals surface area contributed by atoms with Crippen LogP contribution in [0.3, 0.4) is 0 Å². The highest BCUT2D eigenvalue weighted by molar-refractivity contribution is 6.28. The van der Waals surface area contributed by atoms with Gasteiger partial charge in [-0.1, -0.05) is 6.92 Å². The summed E-state index contributed by atoms with van der Waals surface area (Å²) in [7, 11) is 0. The van der Waals surface area contributed by atoms with Gasteiger partial charge in [0.25, 0.3) is 0 Å². The highest BCUT2D eigenvalue weighted by atomic mass is 35.5. The summed E-state index contributed by atoms with van der Waals surface area (Å²) in [5.41, 5.74) is 0.953. The van der Waals surface area contributed by atoms with Crippen molar-refractivity contribution in [3.05, 3.63) is 35.4 Å². The quantitative estimate of drug-likeness (QED) is 0.838. The highest BCUT2D eigenvalue weighted by Crippen LogP contribution is 2.21. The Kier molecular flexibility index (Phi) is 4.43. The summed E-state index contributed by atoms with van der Waals surface area (Å²) in [5.74, 6) is 1.73. The van der Waals surface area contributed by atoms with Gasteiger partial charge >= 0.3 is 0 Å². The maximum atomic E-state index is 6.10. The molecular formula is C14H18ClN3O. The smallest absolute Gasteiger partial charge is 0.229 e. The number of aryl methyl sites for hydroxylation is 1. The van der Waals surface area contributed by atoms with Crippen molar-refractivity contribution in [2.75, 3.05) is 0 Å². The van der Waals surface area contributed by atoms with Crippen LogP contribution in [0, 0.1) is 0 Å². The van der Waals surface area contributed by atoms with Gasteiger partial charge in [-0.05, 0) is 56.1 Å². The van der Waals surface area contributed by atoms with E-state index in [0.29, 0.717) is 5.28 Å². The van der Waals surface area contributed by atoms with Crippen LogP contribution in [0.4, 0.5) is 0 Å². The second kappa shape index (κ2) is 6.06. The van der Waals surface area contributed by atoms with Gasteiger partial charge in [0, 0.05) is 6.42 Å². The molecule has 2 aromatic rings. The lowest BCUT2D eigenvalue weighted by atomic mass is 10.2. The molecule has 2 rings (SSSR count). The Morgan fingerprint density at radius 1 is 1.21 bits per heavy atom. The van der Waals surface area contributed by atoms with E-state index in [-0.39, 0.29) is 6.10 Å². The highest BCUT2D eigenvalue weighted by Gasteiger charge is 2.11. The Morgan fingerprint density at radius 2 is 1.89 bits per heavy atom. The number of benzene rings is 1. The van der Waals surface area contributed by atoms with Gasteiger partial charge in [-0.25, -0.2) is 0 Å². The Hall–Kier alpha value is -1.55. The molecule has 1 aromatic heterocycles. The van der Waals surface area contributed by atoms with Crippen LogP contribution in [0.15, 0.2) is 24.3 Å². The molecule has 0 radical (unpaired) electrons. The van der Waals surface area contributed by atoms with Gasteiger partial charge in [-0.3, -0.25) is 4.57 Å². The molecule has 0 atom stereocenters.